The van der Waals surface area contributed by atoms with E-state index in [2.05, 4.69) is 54.1 Å². The monoisotopic (exact) mass is 465 g/mol. The van der Waals surface area contributed by atoms with Crippen molar-refractivity contribution in [2.45, 2.75) is 37.8 Å². The number of carbonyl (C=O) groups is 1. The van der Waals surface area contributed by atoms with Crippen molar-refractivity contribution in [1.29, 1.82) is 0 Å². The number of thioether (sulfide) groups is 1. The molecular weight excluding hydrogens is 435 g/mol. The number of aliphatic carboxylic acids is 1. The Hall–Kier alpha value is -1.93. The van der Waals surface area contributed by atoms with Gasteiger partial charge in [0.25, 0.3) is 0 Å². The molecule has 0 aliphatic carbocycles. The van der Waals surface area contributed by atoms with Crippen molar-refractivity contribution in [2.75, 3.05) is 19.5 Å². The third-order valence-electron chi connectivity index (χ3n) is 5.16. The Morgan fingerprint density at radius 3 is 2.38 bits per heavy atom. The number of hydrogen-bond acceptors (Lipinski definition) is 4. The van der Waals surface area contributed by atoms with Crippen LogP contribution in [0.5, 0.6) is 5.75 Å². The summed E-state index contributed by atoms with van der Waals surface area (Å²) in [6.07, 6.45) is 1.59. The summed E-state index contributed by atoms with van der Waals surface area (Å²) in [4.78, 5) is 12.5. The first-order valence-electron chi connectivity index (χ1n) is 10.4. The van der Waals surface area contributed by atoms with Crippen LogP contribution in [0.4, 0.5) is 0 Å². The Kier molecular flexibility index (Phi) is 10.6. The minimum absolute atomic E-state index is 0. The third-order valence-corrected chi connectivity index (χ3v) is 5.90. The Morgan fingerprint density at radius 1 is 1.09 bits per heavy atom. The van der Waals surface area contributed by atoms with Crippen molar-refractivity contribution >= 4 is 40.8 Å². The second-order valence-corrected chi connectivity index (χ2v) is 8.10. The molecule has 168 valence electrons. The fourth-order valence-electron chi connectivity index (χ4n) is 3.49. The van der Waals surface area contributed by atoms with E-state index in [0.717, 1.165) is 17.9 Å². The van der Waals surface area contributed by atoms with Gasteiger partial charge in [0.1, 0.15) is 12.4 Å². The van der Waals surface area contributed by atoms with Gasteiger partial charge in [0.2, 0.25) is 0 Å². The fraction of sp³-hybridized carbons (Fsp3) is 0.320. The molecule has 0 bridgehead atoms. The van der Waals surface area contributed by atoms with Gasteiger partial charge in [-0.3, -0.25) is 0 Å². The second kappa shape index (κ2) is 12.9. The minimum Gasteiger partial charge on any atom is -1.00 e. The number of benzene rings is 2. The van der Waals surface area contributed by atoms with E-state index in [1.54, 1.807) is 18.7 Å². The van der Waals surface area contributed by atoms with Crippen LogP contribution in [0.2, 0.25) is 0 Å². The van der Waals surface area contributed by atoms with Gasteiger partial charge in [-0.1, -0.05) is 24.3 Å². The van der Waals surface area contributed by atoms with E-state index in [-0.39, 0.29) is 25.9 Å². The summed E-state index contributed by atoms with van der Waals surface area (Å²) in [6, 6.07) is 20.4. The van der Waals surface area contributed by atoms with Crippen LogP contribution < -0.4 is 4.74 Å². The van der Waals surface area contributed by atoms with Gasteiger partial charge in [0, 0.05) is 29.3 Å². The maximum Gasteiger partial charge on any atom is 2.00 e. The van der Waals surface area contributed by atoms with Crippen LogP contribution in [-0.2, 0) is 22.5 Å². The molecule has 0 aliphatic heterocycles. The number of nitrogens with zero attached hydrogens (tertiary/aromatic N) is 1. The van der Waals surface area contributed by atoms with Gasteiger partial charge in [-0.15, -0.1) is 11.8 Å². The van der Waals surface area contributed by atoms with Crippen LogP contribution in [0.15, 0.2) is 65.6 Å². The average molecular weight is 466 g/mol. The standard InChI is InChI=1S/C25H29NO4S.Mg.2H/c1-4-29-24(25(27)28)17-19-6-10-21(11-7-19)30-16-15-26-18(2)5-14-23(26)20-8-12-22(31-3)13-9-20;;;/h5-14,24H,4,15-17H2,1-3H3,(H,27,28);;;/q;+2;2*-1/t24-;;;/m0.../s1. The summed E-state index contributed by atoms with van der Waals surface area (Å²) in [5.74, 6) is -0.175. The van der Waals surface area contributed by atoms with Gasteiger partial charge in [0.05, 0.1) is 6.54 Å². The molecule has 1 aromatic heterocycles. The summed E-state index contributed by atoms with van der Waals surface area (Å²) in [5.41, 5.74) is 4.47. The molecule has 0 radical (unpaired) electrons. The van der Waals surface area contributed by atoms with Crippen LogP contribution in [0.3, 0.4) is 0 Å². The van der Waals surface area contributed by atoms with Crippen LogP contribution in [0, 0.1) is 6.92 Å². The summed E-state index contributed by atoms with van der Waals surface area (Å²) in [5, 5.41) is 9.23. The third kappa shape index (κ3) is 7.03. The molecule has 0 saturated heterocycles. The number of ether oxygens (including phenoxy) is 2. The van der Waals surface area contributed by atoms with Crippen molar-refractivity contribution in [1.82, 2.24) is 4.57 Å². The number of hydrogen-bond donors (Lipinski definition) is 1. The Balaban J connectivity index is 0.00000363. The van der Waals surface area contributed by atoms with Crippen molar-refractivity contribution in [3.8, 4) is 17.0 Å². The van der Waals surface area contributed by atoms with Gasteiger partial charge in [0.15, 0.2) is 6.10 Å². The van der Waals surface area contributed by atoms with Crippen molar-refractivity contribution in [3.05, 3.63) is 71.9 Å². The Labute approximate surface area is 213 Å². The van der Waals surface area contributed by atoms with Crippen molar-refractivity contribution in [3.63, 3.8) is 0 Å². The van der Waals surface area contributed by atoms with Crippen LogP contribution in [0.1, 0.15) is 21.0 Å². The number of aromatic nitrogens is 1. The first kappa shape index (κ1) is 26.3. The molecule has 1 atom stereocenters. The summed E-state index contributed by atoms with van der Waals surface area (Å²) >= 11 is 1.74. The quantitative estimate of drug-likeness (QED) is 0.314. The predicted octanol–water partition coefficient (Wildman–Crippen LogP) is 5.14. The number of carboxylic acids is 1. The first-order chi connectivity index (χ1) is 15.0. The van der Waals surface area contributed by atoms with E-state index >= 15 is 0 Å². The number of carboxylic acid groups (broad SMARTS) is 1. The summed E-state index contributed by atoms with van der Waals surface area (Å²) < 4.78 is 13.5. The van der Waals surface area contributed by atoms with E-state index < -0.39 is 12.1 Å². The normalized spacial score (nSPS) is 11.6. The van der Waals surface area contributed by atoms with Gasteiger partial charge >= 0.3 is 29.0 Å². The molecule has 0 spiro atoms. The zero-order chi connectivity index (χ0) is 22.2. The number of aryl methyl sites for hydroxylation is 1. The molecule has 7 heteroatoms. The molecule has 5 nitrogen and oxygen atoms in total. The molecule has 0 fully saturated rings. The predicted molar refractivity (Wildman–Crippen MR) is 133 cm³/mol. The molecule has 0 amide bonds. The molecule has 1 N–H and O–H groups in total. The molecule has 1 heterocycles. The van der Waals surface area contributed by atoms with Gasteiger partial charge < -0.3 is 22.0 Å². The average Bonchev–Trinajstić information content (AvgIpc) is 3.15. The zero-order valence-corrected chi connectivity index (χ0v) is 21.1. The molecule has 2 aromatic carbocycles. The van der Waals surface area contributed by atoms with E-state index in [1.807, 2.05) is 24.3 Å². The van der Waals surface area contributed by atoms with Crippen LogP contribution in [-0.4, -0.2) is 64.3 Å². The summed E-state index contributed by atoms with van der Waals surface area (Å²) in [6.45, 7) is 5.56. The van der Waals surface area contributed by atoms with Gasteiger partial charge in [-0.25, -0.2) is 4.79 Å². The topological polar surface area (TPSA) is 60.7 Å². The summed E-state index contributed by atoms with van der Waals surface area (Å²) in [7, 11) is 0. The first-order valence-corrected chi connectivity index (χ1v) is 11.6. The Bertz CT molecular complexity index is 997. The van der Waals surface area contributed by atoms with E-state index in [1.165, 1.54) is 21.8 Å². The van der Waals surface area contributed by atoms with Gasteiger partial charge in [-0.2, -0.15) is 0 Å². The van der Waals surface area contributed by atoms with E-state index in [9.17, 15) is 9.90 Å². The molecule has 32 heavy (non-hydrogen) atoms. The molecule has 0 saturated carbocycles. The fourth-order valence-corrected chi connectivity index (χ4v) is 3.90. The Morgan fingerprint density at radius 2 is 1.78 bits per heavy atom. The van der Waals surface area contributed by atoms with Gasteiger partial charge in [-0.05, 0) is 67.6 Å². The van der Waals surface area contributed by atoms with Crippen LogP contribution in [0.25, 0.3) is 11.3 Å². The molecule has 0 aliphatic rings. The van der Waals surface area contributed by atoms with Crippen molar-refractivity contribution in [2.24, 2.45) is 0 Å². The smallest absolute Gasteiger partial charge is 1.00 e. The maximum absolute atomic E-state index is 11.3. The zero-order valence-electron chi connectivity index (χ0n) is 20.9. The number of rotatable bonds is 11. The molecule has 0 unspecified atom stereocenters. The molecule has 3 aromatic rings. The molecular formula is C25H31MgNO4S. The SMILES string of the molecule is CCO[C@@H](Cc1ccc(OCCn2c(C)ccc2-c2ccc(SC)cc2)cc1)C(=O)O.[H-].[H-].[Mg+2]. The van der Waals surface area contributed by atoms with Crippen LogP contribution >= 0.6 is 11.8 Å². The minimum atomic E-state index is -0.942. The second-order valence-electron chi connectivity index (χ2n) is 7.22. The largest absolute Gasteiger partial charge is 2.00 e. The van der Waals surface area contributed by atoms with E-state index in [4.69, 9.17) is 9.47 Å². The van der Waals surface area contributed by atoms with E-state index in [0.29, 0.717) is 19.6 Å². The van der Waals surface area contributed by atoms with Crippen molar-refractivity contribution < 1.29 is 22.2 Å². The molecule has 3 rings (SSSR count). The maximum atomic E-state index is 11.3.